The number of amides is 1. The van der Waals surface area contributed by atoms with Crippen LogP contribution in [0.2, 0.25) is 0 Å². The Balaban J connectivity index is 1.88. The summed E-state index contributed by atoms with van der Waals surface area (Å²) in [5.41, 5.74) is 0.680. The molecule has 0 aliphatic carbocycles. The highest BCUT2D eigenvalue weighted by Gasteiger charge is 2.25. The summed E-state index contributed by atoms with van der Waals surface area (Å²) < 4.78 is 23.6. The molecule has 0 bridgehead atoms. The number of nitrogens with one attached hydrogen (secondary N) is 1. The predicted molar refractivity (Wildman–Crippen MR) is 91.5 cm³/mol. The van der Waals surface area contributed by atoms with E-state index in [1.807, 2.05) is 11.8 Å². The van der Waals surface area contributed by atoms with Crippen LogP contribution in [0, 0.1) is 0 Å². The molecule has 7 nitrogen and oxygen atoms in total. The number of carbonyl (C=O) groups is 1. The van der Waals surface area contributed by atoms with Gasteiger partial charge in [-0.15, -0.1) is 0 Å². The predicted octanol–water partition coefficient (Wildman–Crippen LogP) is 1.46. The summed E-state index contributed by atoms with van der Waals surface area (Å²) in [6.45, 7) is 3.21. The summed E-state index contributed by atoms with van der Waals surface area (Å²) >= 11 is 0. The number of benzene rings is 1. The van der Waals surface area contributed by atoms with Gasteiger partial charge in [0, 0.05) is 37.2 Å². The van der Waals surface area contributed by atoms with Gasteiger partial charge in [-0.2, -0.15) is 0 Å². The van der Waals surface area contributed by atoms with Crippen molar-refractivity contribution in [2.45, 2.75) is 30.7 Å². The van der Waals surface area contributed by atoms with Gasteiger partial charge in [-0.25, -0.2) is 18.4 Å². The Kier molecular flexibility index (Phi) is 4.40. The average molecular weight is 348 g/mol. The molecule has 1 N–H and O–H groups in total. The molecule has 3 rings (SSSR count). The molecule has 128 valence electrons. The SMILES string of the molecule is CCC(=O)N1CC[C@@H](Nc2ncnc3ccc(S(C)(=O)=O)cc23)C1. The van der Waals surface area contributed by atoms with Gasteiger partial charge in [-0.05, 0) is 24.6 Å². The van der Waals surface area contributed by atoms with Gasteiger partial charge in [0.15, 0.2) is 9.84 Å². The maximum atomic E-state index is 11.8. The number of carbonyl (C=O) groups excluding carboxylic acids is 1. The van der Waals surface area contributed by atoms with Crippen LogP contribution in [0.1, 0.15) is 19.8 Å². The van der Waals surface area contributed by atoms with Crippen LogP contribution in [0.3, 0.4) is 0 Å². The van der Waals surface area contributed by atoms with Crippen molar-refractivity contribution in [1.29, 1.82) is 0 Å². The van der Waals surface area contributed by atoms with Gasteiger partial charge in [0.2, 0.25) is 5.91 Å². The molecular formula is C16H20N4O3S. The summed E-state index contributed by atoms with van der Waals surface area (Å²) in [5.74, 6) is 0.743. The molecule has 0 radical (unpaired) electrons. The summed E-state index contributed by atoms with van der Waals surface area (Å²) in [6.07, 6.45) is 3.97. The molecule has 1 aliphatic rings. The molecule has 1 aliphatic heterocycles. The molecule has 1 atom stereocenters. The number of sulfone groups is 1. The van der Waals surface area contributed by atoms with E-state index in [0.717, 1.165) is 13.0 Å². The Bertz CT molecular complexity index is 882. The number of fused-ring (bicyclic) bond motifs is 1. The van der Waals surface area contributed by atoms with Crippen LogP contribution in [0.25, 0.3) is 10.9 Å². The molecule has 0 saturated carbocycles. The van der Waals surface area contributed by atoms with Crippen molar-refractivity contribution < 1.29 is 13.2 Å². The van der Waals surface area contributed by atoms with E-state index < -0.39 is 9.84 Å². The Morgan fingerprint density at radius 3 is 2.88 bits per heavy atom. The number of aromatic nitrogens is 2. The first-order chi connectivity index (χ1) is 11.4. The van der Waals surface area contributed by atoms with Crippen molar-refractivity contribution in [3.05, 3.63) is 24.5 Å². The molecule has 0 spiro atoms. The molecule has 0 unspecified atom stereocenters. The van der Waals surface area contributed by atoms with E-state index in [1.54, 1.807) is 18.2 Å². The fraction of sp³-hybridized carbons (Fsp3) is 0.438. The molecule has 8 heteroatoms. The van der Waals surface area contributed by atoms with Crippen molar-refractivity contribution >= 4 is 32.5 Å². The molecule has 1 aromatic carbocycles. The van der Waals surface area contributed by atoms with Crippen LogP contribution in [-0.2, 0) is 14.6 Å². The third-order valence-electron chi connectivity index (χ3n) is 4.22. The van der Waals surface area contributed by atoms with E-state index in [4.69, 9.17) is 0 Å². The zero-order valence-corrected chi connectivity index (χ0v) is 14.5. The summed E-state index contributed by atoms with van der Waals surface area (Å²) in [4.78, 5) is 22.3. The van der Waals surface area contributed by atoms with E-state index in [2.05, 4.69) is 15.3 Å². The third-order valence-corrected chi connectivity index (χ3v) is 5.33. The van der Waals surface area contributed by atoms with Gasteiger partial charge in [-0.1, -0.05) is 6.92 Å². The zero-order valence-electron chi connectivity index (χ0n) is 13.7. The van der Waals surface area contributed by atoms with Crippen molar-refractivity contribution in [2.75, 3.05) is 24.7 Å². The second kappa shape index (κ2) is 6.35. The number of rotatable bonds is 4. The highest BCUT2D eigenvalue weighted by molar-refractivity contribution is 7.90. The molecule has 1 fully saturated rings. The van der Waals surface area contributed by atoms with Crippen LogP contribution < -0.4 is 5.32 Å². The minimum Gasteiger partial charge on any atom is -0.365 e. The first-order valence-electron chi connectivity index (χ1n) is 7.87. The highest BCUT2D eigenvalue weighted by Crippen LogP contribution is 2.25. The summed E-state index contributed by atoms with van der Waals surface area (Å²) in [5, 5.41) is 4.00. The normalized spacial score (nSPS) is 18.1. The Morgan fingerprint density at radius 1 is 1.38 bits per heavy atom. The minimum absolute atomic E-state index is 0.0977. The van der Waals surface area contributed by atoms with Gasteiger partial charge in [0.05, 0.1) is 10.4 Å². The van der Waals surface area contributed by atoms with Gasteiger partial charge in [0.25, 0.3) is 0 Å². The lowest BCUT2D eigenvalue weighted by Gasteiger charge is -2.17. The lowest BCUT2D eigenvalue weighted by Crippen LogP contribution is -2.31. The topological polar surface area (TPSA) is 92.3 Å². The van der Waals surface area contributed by atoms with Gasteiger partial charge in [0.1, 0.15) is 12.1 Å². The quantitative estimate of drug-likeness (QED) is 0.899. The van der Waals surface area contributed by atoms with Gasteiger partial charge >= 0.3 is 0 Å². The maximum Gasteiger partial charge on any atom is 0.222 e. The van der Waals surface area contributed by atoms with E-state index in [1.165, 1.54) is 12.6 Å². The van der Waals surface area contributed by atoms with E-state index in [9.17, 15) is 13.2 Å². The van der Waals surface area contributed by atoms with Crippen LogP contribution >= 0.6 is 0 Å². The minimum atomic E-state index is -3.30. The smallest absolute Gasteiger partial charge is 0.222 e. The third kappa shape index (κ3) is 3.33. The Morgan fingerprint density at radius 2 is 2.17 bits per heavy atom. The molecule has 1 aromatic heterocycles. The van der Waals surface area contributed by atoms with Crippen LogP contribution in [0.5, 0.6) is 0 Å². The van der Waals surface area contributed by atoms with Crippen molar-refractivity contribution in [3.8, 4) is 0 Å². The fourth-order valence-corrected chi connectivity index (χ4v) is 3.55. The standard InChI is InChI=1S/C16H20N4O3S/c1-3-15(21)20-7-6-11(9-20)19-16-13-8-12(24(2,22)23)4-5-14(13)17-10-18-16/h4-5,8,10-11H,3,6-7,9H2,1-2H3,(H,17,18,19)/t11-/m1/s1. The second-order valence-electron chi connectivity index (χ2n) is 6.00. The lowest BCUT2D eigenvalue weighted by atomic mass is 10.2. The molecule has 2 aromatic rings. The fourth-order valence-electron chi connectivity index (χ4n) is 2.90. The second-order valence-corrected chi connectivity index (χ2v) is 8.01. The monoisotopic (exact) mass is 348 g/mol. The largest absolute Gasteiger partial charge is 0.365 e. The number of hydrogen-bond donors (Lipinski definition) is 1. The average Bonchev–Trinajstić information content (AvgIpc) is 3.02. The van der Waals surface area contributed by atoms with Crippen LogP contribution in [0.15, 0.2) is 29.4 Å². The number of likely N-dealkylation sites (tertiary alicyclic amines) is 1. The van der Waals surface area contributed by atoms with Crippen LogP contribution in [-0.4, -0.2) is 54.6 Å². The Hall–Kier alpha value is -2.22. The molecule has 1 saturated heterocycles. The number of anilines is 1. The van der Waals surface area contributed by atoms with Crippen molar-refractivity contribution in [1.82, 2.24) is 14.9 Å². The number of hydrogen-bond acceptors (Lipinski definition) is 6. The van der Waals surface area contributed by atoms with Crippen LogP contribution in [0.4, 0.5) is 5.82 Å². The molecular weight excluding hydrogens is 328 g/mol. The van der Waals surface area contributed by atoms with Gasteiger partial charge < -0.3 is 10.2 Å². The first kappa shape index (κ1) is 16.6. The molecule has 1 amide bonds. The zero-order chi connectivity index (χ0) is 17.3. The lowest BCUT2D eigenvalue weighted by molar-refractivity contribution is -0.129. The van der Waals surface area contributed by atoms with E-state index in [-0.39, 0.29) is 16.8 Å². The number of nitrogens with zero attached hydrogens (tertiary/aromatic N) is 3. The molecule has 24 heavy (non-hydrogen) atoms. The van der Waals surface area contributed by atoms with E-state index in [0.29, 0.717) is 29.7 Å². The maximum absolute atomic E-state index is 11.8. The first-order valence-corrected chi connectivity index (χ1v) is 9.76. The molecule has 2 heterocycles. The van der Waals surface area contributed by atoms with Gasteiger partial charge in [-0.3, -0.25) is 4.79 Å². The Labute approximate surface area is 141 Å². The summed E-state index contributed by atoms with van der Waals surface area (Å²) in [6, 6.07) is 4.92. The highest BCUT2D eigenvalue weighted by atomic mass is 32.2. The summed E-state index contributed by atoms with van der Waals surface area (Å²) in [7, 11) is -3.30. The van der Waals surface area contributed by atoms with Crippen molar-refractivity contribution in [3.63, 3.8) is 0 Å². The van der Waals surface area contributed by atoms with E-state index >= 15 is 0 Å². The van der Waals surface area contributed by atoms with Crippen molar-refractivity contribution in [2.24, 2.45) is 0 Å².